The fourth-order valence-corrected chi connectivity index (χ4v) is 5.57. The molecule has 2 unspecified atom stereocenters. The van der Waals surface area contributed by atoms with Gasteiger partial charge in [0, 0.05) is 36.7 Å². The highest BCUT2D eigenvalue weighted by Gasteiger charge is 2.33. The number of nitrogens with zero attached hydrogens (tertiary/aromatic N) is 5. The van der Waals surface area contributed by atoms with Gasteiger partial charge in [0.15, 0.2) is 5.16 Å². The summed E-state index contributed by atoms with van der Waals surface area (Å²) >= 11 is 1.59. The maximum atomic E-state index is 13.0. The summed E-state index contributed by atoms with van der Waals surface area (Å²) in [6.45, 7) is 1.27. The van der Waals surface area contributed by atoms with Crippen LogP contribution in [0.15, 0.2) is 28.5 Å². The molecule has 2 atom stereocenters. The van der Waals surface area contributed by atoms with E-state index in [0.29, 0.717) is 18.8 Å². The van der Waals surface area contributed by atoms with E-state index < -0.39 is 0 Å². The van der Waals surface area contributed by atoms with Crippen LogP contribution in [-0.2, 0) is 17.6 Å². The second kappa shape index (κ2) is 7.78. The van der Waals surface area contributed by atoms with Gasteiger partial charge in [-0.05, 0) is 32.1 Å². The van der Waals surface area contributed by atoms with Gasteiger partial charge in [-0.2, -0.15) is 0 Å². The van der Waals surface area contributed by atoms with Crippen LogP contribution in [0.5, 0.6) is 5.88 Å². The molecule has 0 bridgehead atoms. The molecule has 0 spiro atoms. The van der Waals surface area contributed by atoms with E-state index >= 15 is 0 Å². The molecule has 3 aliphatic rings. The molecule has 0 saturated carbocycles. The predicted molar refractivity (Wildman–Crippen MR) is 107 cm³/mol. The molecule has 1 amide bonds. The van der Waals surface area contributed by atoms with E-state index in [2.05, 4.69) is 9.97 Å². The topological polar surface area (TPSA) is 90.2 Å². The van der Waals surface area contributed by atoms with Crippen molar-refractivity contribution in [3.63, 3.8) is 0 Å². The highest BCUT2D eigenvalue weighted by molar-refractivity contribution is 7.99. The number of hydrogen-bond donors (Lipinski definition) is 0. The summed E-state index contributed by atoms with van der Waals surface area (Å²) in [7, 11) is 0. The van der Waals surface area contributed by atoms with Crippen LogP contribution in [0.1, 0.15) is 43.0 Å². The van der Waals surface area contributed by atoms with Gasteiger partial charge in [0.1, 0.15) is 6.10 Å². The SMILES string of the molecule is O=C(CC1CSc2nc3c(c(=O)n21)CCC3)N1CCCC(Oc2cnccn2)C1. The van der Waals surface area contributed by atoms with E-state index in [0.717, 1.165) is 60.8 Å². The summed E-state index contributed by atoms with van der Waals surface area (Å²) in [4.78, 5) is 40.7. The van der Waals surface area contributed by atoms with Crippen molar-refractivity contribution in [1.29, 1.82) is 0 Å². The third kappa shape index (κ3) is 3.63. The van der Waals surface area contributed by atoms with Gasteiger partial charge in [0.25, 0.3) is 5.56 Å². The minimum atomic E-state index is -0.116. The average molecular weight is 414 g/mol. The lowest BCUT2D eigenvalue weighted by molar-refractivity contribution is -0.134. The predicted octanol–water partition coefficient (Wildman–Crippen LogP) is 1.63. The number of hydrogen-bond acceptors (Lipinski definition) is 7. The lowest BCUT2D eigenvalue weighted by atomic mass is 10.1. The van der Waals surface area contributed by atoms with Crippen molar-refractivity contribution in [3.8, 4) is 5.88 Å². The molecule has 5 rings (SSSR count). The van der Waals surface area contributed by atoms with Crippen LogP contribution >= 0.6 is 11.8 Å². The quantitative estimate of drug-likeness (QED) is 0.704. The Morgan fingerprint density at radius 3 is 3.07 bits per heavy atom. The molecule has 2 aliphatic heterocycles. The molecule has 0 aromatic carbocycles. The van der Waals surface area contributed by atoms with Crippen molar-refractivity contribution in [2.45, 2.75) is 55.8 Å². The Hall–Kier alpha value is -2.42. The van der Waals surface area contributed by atoms with Gasteiger partial charge in [-0.25, -0.2) is 9.97 Å². The molecule has 1 aliphatic carbocycles. The van der Waals surface area contributed by atoms with Crippen molar-refractivity contribution in [1.82, 2.24) is 24.4 Å². The zero-order valence-corrected chi connectivity index (χ0v) is 16.9. The number of fused-ring (bicyclic) bond motifs is 2. The number of rotatable bonds is 4. The first-order valence-electron chi connectivity index (χ1n) is 10.2. The fourth-order valence-electron chi connectivity index (χ4n) is 4.41. The summed E-state index contributed by atoms with van der Waals surface area (Å²) < 4.78 is 7.66. The number of thioether (sulfide) groups is 1. The second-order valence-electron chi connectivity index (χ2n) is 7.78. The first kappa shape index (κ1) is 18.6. The van der Waals surface area contributed by atoms with E-state index in [4.69, 9.17) is 9.72 Å². The van der Waals surface area contributed by atoms with Crippen LogP contribution in [0.3, 0.4) is 0 Å². The van der Waals surface area contributed by atoms with E-state index in [-0.39, 0.29) is 23.6 Å². The van der Waals surface area contributed by atoms with E-state index in [1.165, 1.54) is 0 Å². The second-order valence-corrected chi connectivity index (χ2v) is 8.77. The van der Waals surface area contributed by atoms with Crippen LogP contribution in [0, 0.1) is 0 Å². The zero-order chi connectivity index (χ0) is 19.8. The van der Waals surface area contributed by atoms with Gasteiger partial charge < -0.3 is 9.64 Å². The maximum Gasteiger partial charge on any atom is 0.257 e. The average Bonchev–Trinajstić information content (AvgIpc) is 3.37. The number of carbonyl (C=O) groups excluding carboxylic acids is 1. The molecule has 1 fully saturated rings. The largest absolute Gasteiger partial charge is 0.471 e. The van der Waals surface area contributed by atoms with E-state index in [1.807, 2.05) is 4.90 Å². The molecule has 0 N–H and O–H groups in total. The molecule has 152 valence electrons. The van der Waals surface area contributed by atoms with Crippen molar-refractivity contribution in [2.24, 2.45) is 0 Å². The summed E-state index contributed by atoms with van der Waals surface area (Å²) in [5.74, 6) is 1.28. The first-order chi connectivity index (χ1) is 14.2. The molecular weight excluding hydrogens is 390 g/mol. The molecule has 1 saturated heterocycles. The number of piperidine rings is 1. The monoisotopic (exact) mass is 413 g/mol. The van der Waals surface area contributed by atoms with Crippen molar-refractivity contribution in [3.05, 3.63) is 40.2 Å². The molecule has 2 aromatic rings. The van der Waals surface area contributed by atoms with Crippen LogP contribution in [-0.4, -0.2) is 55.3 Å². The lowest BCUT2D eigenvalue weighted by Gasteiger charge is -2.33. The summed E-state index contributed by atoms with van der Waals surface area (Å²) in [6.07, 6.45) is 9.51. The standard InChI is InChI=1S/C20H23N5O3S/c26-18(24-8-2-3-14(11-24)28-17-10-21-6-7-22-17)9-13-12-29-20-23-16-5-1-4-15(16)19(27)25(13)20/h6-7,10,13-14H,1-5,8-9,11-12H2. The molecule has 0 radical (unpaired) electrons. The van der Waals surface area contributed by atoms with Gasteiger partial charge in [-0.15, -0.1) is 0 Å². The Morgan fingerprint density at radius 2 is 2.21 bits per heavy atom. The number of ether oxygens (including phenoxy) is 1. The van der Waals surface area contributed by atoms with E-state index in [1.54, 1.807) is 34.9 Å². The van der Waals surface area contributed by atoms with Crippen molar-refractivity contribution >= 4 is 17.7 Å². The molecule has 29 heavy (non-hydrogen) atoms. The Balaban J connectivity index is 1.26. The number of likely N-dealkylation sites (tertiary alicyclic amines) is 1. The minimum absolute atomic E-state index is 0.0628. The van der Waals surface area contributed by atoms with Crippen LogP contribution in [0.2, 0.25) is 0 Å². The number of aryl methyl sites for hydroxylation is 1. The number of aromatic nitrogens is 4. The molecule has 2 aromatic heterocycles. The van der Waals surface area contributed by atoms with Crippen molar-refractivity contribution in [2.75, 3.05) is 18.8 Å². The fraction of sp³-hybridized carbons (Fsp3) is 0.550. The van der Waals surface area contributed by atoms with Gasteiger partial charge in [-0.1, -0.05) is 11.8 Å². The van der Waals surface area contributed by atoms with Gasteiger partial charge in [0.05, 0.1) is 24.5 Å². The summed E-state index contributed by atoms with van der Waals surface area (Å²) in [5, 5.41) is 0.774. The molecular formula is C20H23N5O3S. The summed E-state index contributed by atoms with van der Waals surface area (Å²) in [6, 6.07) is -0.116. The highest BCUT2D eigenvalue weighted by Crippen LogP contribution is 2.34. The van der Waals surface area contributed by atoms with E-state index in [9.17, 15) is 9.59 Å². The minimum Gasteiger partial charge on any atom is -0.471 e. The van der Waals surface area contributed by atoms with Gasteiger partial charge in [-0.3, -0.25) is 19.1 Å². The number of amides is 1. The Labute approximate surface area is 172 Å². The molecule has 8 nitrogen and oxygen atoms in total. The smallest absolute Gasteiger partial charge is 0.257 e. The third-order valence-corrected chi connectivity index (χ3v) is 6.94. The lowest BCUT2D eigenvalue weighted by Crippen LogP contribution is -2.45. The number of carbonyl (C=O) groups is 1. The van der Waals surface area contributed by atoms with Gasteiger partial charge >= 0.3 is 0 Å². The Kier molecular flexibility index (Phi) is 4.99. The zero-order valence-electron chi connectivity index (χ0n) is 16.1. The third-order valence-electron chi connectivity index (χ3n) is 5.84. The normalized spacial score (nSPS) is 23.0. The highest BCUT2D eigenvalue weighted by atomic mass is 32.2. The molecule has 4 heterocycles. The Bertz CT molecular complexity index is 980. The van der Waals surface area contributed by atoms with Gasteiger partial charge in [0.2, 0.25) is 11.8 Å². The first-order valence-corrected chi connectivity index (χ1v) is 11.1. The van der Waals surface area contributed by atoms with Crippen molar-refractivity contribution < 1.29 is 9.53 Å². The maximum absolute atomic E-state index is 13.0. The Morgan fingerprint density at radius 1 is 1.28 bits per heavy atom. The summed E-state index contributed by atoms with van der Waals surface area (Å²) in [5.41, 5.74) is 1.87. The van der Waals surface area contributed by atoms with Crippen LogP contribution in [0.25, 0.3) is 0 Å². The van der Waals surface area contributed by atoms with Crippen LogP contribution < -0.4 is 10.3 Å². The van der Waals surface area contributed by atoms with Crippen LogP contribution in [0.4, 0.5) is 0 Å². The molecule has 9 heteroatoms.